The molecule has 1 heterocycles. The van der Waals surface area contributed by atoms with Crippen molar-refractivity contribution in [1.82, 2.24) is 4.90 Å². The lowest BCUT2D eigenvalue weighted by atomic mass is 9.92. The number of carbonyl (C=O) groups excluding carboxylic acids is 1. The van der Waals surface area contributed by atoms with Gasteiger partial charge >= 0.3 is 0 Å². The topological polar surface area (TPSA) is 63.2 Å². The van der Waals surface area contributed by atoms with E-state index in [4.69, 9.17) is 0 Å². The van der Waals surface area contributed by atoms with E-state index in [1.54, 1.807) is 4.90 Å². The zero-order valence-corrected chi connectivity index (χ0v) is 10.7. The van der Waals surface area contributed by atoms with Gasteiger partial charge in [-0.3, -0.25) is 14.9 Å². The monoisotopic (exact) mass is 248 g/mol. The fourth-order valence-electron chi connectivity index (χ4n) is 2.00. The van der Waals surface area contributed by atoms with Gasteiger partial charge in [0.2, 0.25) is 0 Å². The first-order chi connectivity index (χ1) is 8.30. The number of carbonyl (C=O) groups is 1. The average Bonchev–Trinajstić information content (AvgIpc) is 3.07. The summed E-state index contributed by atoms with van der Waals surface area (Å²) in [5, 5.41) is 10.5. The summed E-state index contributed by atoms with van der Waals surface area (Å²) in [5.41, 5.74) is 0.591. The zero-order valence-electron chi connectivity index (χ0n) is 10.7. The van der Waals surface area contributed by atoms with Crippen molar-refractivity contribution in [2.24, 2.45) is 5.41 Å². The number of nitro benzene ring substituents is 1. The number of non-ortho nitro benzene ring substituents is 1. The number of nitrogens with zero attached hydrogens (tertiary/aromatic N) is 2. The maximum absolute atomic E-state index is 12.1. The van der Waals surface area contributed by atoms with Crippen LogP contribution in [0.5, 0.6) is 0 Å². The molecule has 1 aromatic rings. The smallest absolute Gasteiger partial charge is 0.269 e. The minimum absolute atomic E-state index is 0.00437. The maximum Gasteiger partial charge on any atom is 0.269 e. The van der Waals surface area contributed by atoms with Gasteiger partial charge in [0.15, 0.2) is 0 Å². The molecule has 2 rings (SSSR count). The van der Waals surface area contributed by atoms with E-state index in [1.165, 1.54) is 24.3 Å². The fourth-order valence-corrected chi connectivity index (χ4v) is 2.00. The Bertz CT molecular complexity index is 488. The average molecular weight is 248 g/mol. The summed E-state index contributed by atoms with van der Waals surface area (Å²) in [6, 6.07) is 6.02. The van der Waals surface area contributed by atoms with Crippen LogP contribution in [-0.2, 0) is 0 Å². The molecule has 1 fully saturated rings. The van der Waals surface area contributed by atoms with Crippen LogP contribution in [0, 0.1) is 15.5 Å². The molecule has 18 heavy (non-hydrogen) atoms. The Hall–Kier alpha value is -1.91. The van der Waals surface area contributed by atoms with E-state index in [-0.39, 0.29) is 23.1 Å². The van der Waals surface area contributed by atoms with Crippen LogP contribution in [0.25, 0.3) is 0 Å². The molecule has 1 saturated heterocycles. The lowest BCUT2D eigenvalue weighted by molar-refractivity contribution is -0.384. The molecule has 1 aliphatic rings. The fraction of sp³-hybridized carbons (Fsp3) is 0.462. The molecular formula is C13H16N2O3. The summed E-state index contributed by atoms with van der Waals surface area (Å²) in [6.45, 7) is 7.06. The van der Waals surface area contributed by atoms with Gasteiger partial charge in [0, 0.05) is 24.2 Å². The van der Waals surface area contributed by atoms with Crippen molar-refractivity contribution in [2.45, 2.75) is 26.8 Å². The van der Waals surface area contributed by atoms with Crippen LogP contribution in [0.3, 0.4) is 0 Å². The van der Waals surface area contributed by atoms with Gasteiger partial charge in [-0.05, 0) is 17.5 Å². The Morgan fingerprint density at radius 2 is 1.89 bits per heavy atom. The highest BCUT2D eigenvalue weighted by atomic mass is 16.6. The quantitative estimate of drug-likeness (QED) is 0.459. The zero-order chi connectivity index (χ0) is 13.5. The van der Waals surface area contributed by atoms with Crippen LogP contribution in [0.2, 0.25) is 0 Å². The van der Waals surface area contributed by atoms with E-state index >= 15 is 0 Å². The van der Waals surface area contributed by atoms with Crippen molar-refractivity contribution in [3.8, 4) is 0 Å². The Kier molecular flexibility index (Phi) is 2.84. The van der Waals surface area contributed by atoms with Crippen molar-refractivity contribution in [1.29, 1.82) is 0 Å². The summed E-state index contributed by atoms with van der Waals surface area (Å²) in [5.74, 6) is -0.0511. The Labute approximate surface area is 106 Å². The molecule has 5 nitrogen and oxygen atoms in total. The van der Waals surface area contributed by atoms with Crippen molar-refractivity contribution in [2.75, 3.05) is 6.54 Å². The van der Waals surface area contributed by atoms with Gasteiger partial charge in [0.25, 0.3) is 11.6 Å². The van der Waals surface area contributed by atoms with Crippen molar-refractivity contribution in [3.63, 3.8) is 0 Å². The second-order valence-electron chi connectivity index (χ2n) is 5.64. The highest BCUT2D eigenvalue weighted by Gasteiger charge is 2.46. The van der Waals surface area contributed by atoms with E-state index in [0.29, 0.717) is 5.56 Å². The van der Waals surface area contributed by atoms with E-state index in [9.17, 15) is 14.9 Å². The van der Waals surface area contributed by atoms with Gasteiger partial charge in [-0.15, -0.1) is 0 Å². The van der Waals surface area contributed by atoms with E-state index in [0.717, 1.165) is 6.54 Å². The predicted octanol–water partition coefficient (Wildman–Crippen LogP) is 2.47. The summed E-state index contributed by atoms with van der Waals surface area (Å²) in [6.07, 6.45) is 0. The summed E-state index contributed by atoms with van der Waals surface area (Å²) >= 11 is 0. The summed E-state index contributed by atoms with van der Waals surface area (Å²) in [7, 11) is 0. The third kappa shape index (κ3) is 2.34. The minimum Gasteiger partial charge on any atom is -0.331 e. The molecule has 1 atom stereocenters. The van der Waals surface area contributed by atoms with E-state index < -0.39 is 4.92 Å². The Balaban J connectivity index is 2.10. The number of rotatable bonds is 2. The molecule has 0 aliphatic carbocycles. The van der Waals surface area contributed by atoms with Crippen molar-refractivity contribution >= 4 is 11.6 Å². The van der Waals surface area contributed by atoms with Crippen LogP contribution < -0.4 is 0 Å². The molecule has 0 spiro atoms. The Morgan fingerprint density at radius 3 is 2.28 bits per heavy atom. The highest BCUT2D eigenvalue weighted by Crippen LogP contribution is 2.36. The molecule has 1 aliphatic heterocycles. The van der Waals surface area contributed by atoms with E-state index in [2.05, 4.69) is 20.8 Å². The number of hydrogen-bond acceptors (Lipinski definition) is 3. The van der Waals surface area contributed by atoms with E-state index in [1.807, 2.05) is 0 Å². The number of nitro groups is 1. The first-order valence-electron chi connectivity index (χ1n) is 5.86. The summed E-state index contributed by atoms with van der Waals surface area (Å²) < 4.78 is 0. The van der Waals surface area contributed by atoms with Gasteiger partial charge in [-0.25, -0.2) is 0 Å². The standard InChI is InChI=1S/C13H16N2O3/c1-13(2,3)11-8-14(11)12(16)9-4-6-10(7-5-9)15(17)18/h4-7,11H,8H2,1-3H3/t11-,14?/m1/s1. The predicted molar refractivity (Wildman–Crippen MR) is 67.4 cm³/mol. The van der Waals surface area contributed by atoms with Crippen LogP contribution >= 0.6 is 0 Å². The van der Waals surface area contributed by atoms with Gasteiger partial charge in [-0.2, -0.15) is 0 Å². The minimum atomic E-state index is -0.469. The van der Waals surface area contributed by atoms with Gasteiger partial charge in [0.05, 0.1) is 11.0 Å². The first kappa shape index (κ1) is 12.5. The van der Waals surface area contributed by atoms with Gasteiger partial charge in [-0.1, -0.05) is 20.8 Å². The van der Waals surface area contributed by atoms with Crippen molar-refractivity contribution in [3.05, 3.63) is 39.9 Å². The van der Waals surface area contributed by atoms with Gasteiger partial charge < -0.3 is 4.90 Å². The van der Waals surface area contributed by atoms with Crippen molar-refractivity contribution < 1.29 is 9.72 Å². The molecule has 0 N–H and O–H groups in total. The largest absolute Gasteiger partial charge is 0.331 e. The first-order valence-corrected chi connectivity index (χ1v) is 5.86. The normalized spacial score (nSPS) is 18.6. The third-order valence-corrected chi connectivity index (χ3v) is 3.20. The second-order valence-corrected chi connectivity index (χ2v) is 5.64. The van der Waals surface area contributed by atoms with Crippen LogP contribution in [-0.4, -0.2) is 28.3 Å². The molecule has 0 radical (unpaired) electrons. The second kappa shape index (κ2) is 4.08. The molecule has 0 bridgehead atoms. The lowest BCUT2D eigenvalue weighted by Gasteiger charge is -2.17. The molecule has 96 valence electrons. The number of hydrogen-bond donors (Lipinski definition) is 0. The number of amides is 1. The molecular weight excluding hydrogens is 232 g/mol. The third-order valence-electron chi connectivity index (χ3n) is 3.20. The number of benzene rings is 1. The molecule has 0 saturated carbocycles. The van der Waals surface area contributed by atoms with Gasteiger partial charge in [0.1, 0.15) is 0 Å². The lowest BCUT2D eigenvalue weighted by Crippen LogP contribution is -2.22. The highest BCUT2D eigenvalue weighted by molar-refractivity contribution is 5.96. The molecule has 0 aromatic heterocycles. The van der Waals surface area contributed by atoms with Crippen LogP contribution in [0.1, 0.15) is 31.1 Å². The van der Waals surface area contributed by atoms with Crippen LogP contribution in [0.15, 0.2) is 24.3 Å². The molecule has 0 unspecified atom stereocenters. The SMILES string of the molecule is CC(C)(C)[C@H]1CN1C(=O)c1ccc([N+](=O)[O-])cc1. The summed E-state index contributed by atoms with van der Waals surface area (Å²) in [4.78, 5) is 23.9. The molecule has 1 aromatic carbocycles. The molecule has 1 amide bonds. The Morgan fingerprint density at radius 1 is 1.33 bits per heavy atom. The molecule has 5 heteroatoms. The van der Waals surface area contributed by atoms with Crippen LogP contribution in [0.4, 0.5) is 5.69 Å². The maximum atomic E-state index is 12.1.